The third kappa shape index (κ3) is 3.17. The SMILES string of the molecule is CC(Cc1ccsc1)N(C)c1ncc(Cl)cn1. The smallest absolute Gasteiger partial charge is 0.225 e. The Hall–Kier alpha value is -1.13. The van der Waals surface area contributed by atoms with Crippen LogP contribution >= 0.6 is 22.9 Å². The third-order valence-electron chi connectivity index (χ3n) is 2.69. The highest BCUT2D eigenvalue weighted by Gasteiger charge is 2.13. The number of hydrogen-bond donors (Lipinski definition) is 0. The molecule has 3 nitrogen and oxygen atoms in total. The predicted molar refractivity (Wildman–Crippen MR) is 72.9 cm³/mol. The first kappa shape index (κ1) is 12.3. The summed E-state index contributed by atoms with van der Waals surface area (Å²) in [6.07, 6.45) is 4.24. The maximum atomic E-state index is 5.77. The molecule has 1 atom stereocenters. The highest BCUT2D eigenvalue weighted by atomic mass is 35.5. The van der Waals surface area contributed by atoms with Gasteiger partial charge in [0.1, 0.15) is 0 Å². The lowest BCUT2D eigenvalue weighted by Gasteiger charge is -2.24. The van der Waals surface area contributed by atoms with Gasteiger partial charge in [-0.15, -0.1) is 0 Å². The Morgan fingerprint density at radius 2 is 2.12 bits per heavy atom. The molecule has 0 aliphatic carbocycles. The fraction of sp³-hybridized carbons (Fsp3) is 0.333. The van der Waals surface area contributed by atoms with Crippen molar-refractivity contribution in [2.24, 2.45) is 0 Å². The first-order valence-corrected chi connectivity index (χ1v) is 6.70. The zero-order valence-electron chi connectivity index (χ0n) is 9.80. The van der Waals surface area contributed by atoms with E-state index >= 15 is 0 Å². The highest BCUT2D eigenvalue weighted by molar-refractivity contribution is 7.07. The average Bonchev–Trinajstić information content (AvgIpc) is 2.82. The molecule has 0 fully saturated rings. The summed E-state index contributed by atoms with van der Waals surface area (Å²) < 4.78 is 0. The van der Waals surface area contributed by atoms with Gasteiger partial charge < -0.3 is 4.90 Å². The first-order valence-electron chi connectivity index (χ1n) is 5.38. The van der Waals surface area contributed by atoms with E-state index in [0.717, 1.165) is 6.42 Å². The van der Waals surface area contributed by atoms with Gasteiger partial charge in [0.2, 0.25) is 5.95 Å². The second-order valence-electron chi connectivity index (χ2n) is 4.00. The lowest BCUT2D eigenvalue weighted by molar-refractivity contribution is 0.666. The number of nitrogens with zero attached hydrogens (tertiary/aromatic N) is 3. The van der Waals surface area contributed by atoms with Crippen LogP contribution in [0.25, 0.3) is 0 Å². The molecule has 0 saturated heterocycles. The molecule has 1 unspecified atom stereocenters. The van der Waals surface area contributed by atoms with Crippen molar-refractivity contribution in [3.05, 3.63) is 39.8 Å². The van der Waals surface area contributed by atoms with E-state index in [2.05, 4.69) is 38.6 Å². The molecular formula is C12H14ClN3S. The predicted octanol–water partition coefficient (Wildman–Crippen LogP) is 3.26. The molecule has 5 heteroatoms. The summed E-state index contributed by atoms with van der Waals surface area (Å²) in [5, 5.41) is 4.83. The van der Waals surface area contributed by atoms with Crippen LogP contribution in [0, 0.1) is 0 Å². The Kier molecular flexibility index (Phi) is 3.97. The first-order chi connectivity index (χ1) is 8.16. The summed E-state index contributed by atoms with van der Waals surface area (Å²) in [5.74, 6) is 0.706. The zero-order chi connectivity index (χ0) is 12.3. The molecule has 0 bridgehead atoms. The fourth-order valence-corrected chi connectivity index (χ4v) is 2.35. The lowest BCUT2D eigenvalue weighted by Crippen LogP contribution is -2.32. The van der Waals surface area contributed by atoms with E-state index in [4.69, 9.17) is 11.6 Å². The molecule has 0 saturated carbocycles. The summed E-state index contributed by atoms with van der Waals surface area (Å²) in [7, 11) is 2.00. The molecule has 0 spiro atoms. The van der Waals surface area contributed by atoms with Crippen LogP contribution in [-0.4, -0.2) is 23.1 Å². The number of hydrogen-bond acceptors (Lipinski definition) is 4. The van der Waals surface area contributed by atoms with E-state index in [9.17, 15) is 0 Å². The Morgan fingerprint density at radius 1 is 1.41 bits per heavy atom. The molecule has 2 aromatic rings. The number of rotatable bonds is 4. The van der Waals surface area contributed by atoms with Crippen molar-refractivity contribution < 1.29 is 0 Å². The van der Waals surface area contributed by atoms with Crippen LogP contribution in [0.5, 0.6) is 0 Å². The molecule has 2 rings (SSSR count). The Labute approximate surface area is 110 Å². The second kappa shape index (κ2) is 5.47. The average molecular weight is 268 g/mol. The lowest BCUT2D eigenvalue weighted by atomic mass is 10.1. The van der Waals surface area contributed by atoms with Crippen molar-refractivity contribution in [1.29, 1.82) is 0 Å². The van der Waals surface area contributed by atoms with Crippen LogP contribution in [-0.2, 0) is 6.42 Å². The molecule has 2 heterocycles. The minimum Gasteiger partial charge on any atom is -0.341 e. The van der Waals surface area contributed by atoms with Gasteiger partial charge in [-0.2, -0.15) is 11.3 Å². The summed E-state index contributed by atoms with van der Waals surface area (Å²) in [4.78, 5) is 10.5. The molecular weight excluding hydrogens is 254 g/mol. The van der Waals surface area contributed by atoms with Crippen molar-refractivity contribution in [2.75, 3.05) is 11.9 Å². The van der Waals surface area contributed by atoms with E-state index in [1.54, 1.807) is 23.7 Å². The molecule has 0 aromatic carbocycles. The van der Waals surface area contributed by atoms with E-state index in [0.29, 0.717) is 17.0 Å². The number of halogens is 1. The molecule has 17 heavy (non-hydrogen) atoms. The summed E-state index contributed by atoms with van der Waals surface area (Å²) in [5.41, 5.74) is 1.35. The normalized spacial score (nSPS) is 12.4. The topological polar surface area (TPSA) is 29.0 Å². The third-order valence-corrected chi connectivity index (χ3v) is 3.62. The van der Waals surface area contributed by atoms with Gasteiger partial charge in [-0.3, -0.25) is 0 Å². The Bertz CT molecular complexity index is 455. The van der Waals surface area contributed by atoms with Crippen molar-refractivity contribution >= 4 is 28.9 Å². The molecule has 0 radical (unpaired) electrons. The maximum absolute atomic E-state index is 5.77. The minimum absolute atomic E-state index is 0.353. The second-order valence-corrected chi connectivity index (χ2v) is 5.21. The van der Waals surface area contributed by atoms with Crippen molar-refractivity contribution in [3.63, 3.8) is 0 Å². The van der Waals surface area contributed by atoms with Gasteiger partial charge >= 0.3 is 0 Å². The van der Waals surface area contributed by atoms with Crippen LogP contribution in [0.1, 0.15) is 12.5 Å². The molecule has 0 aliphatic heterocycles. The fourth-order valence-electron chi connectivity index (χ4n) is 1.57. The van der Waals surface area contributed by atoms with Gasteiger partial charge in [0.05, 0.1) is 17.4 Å². The number of anilines is 1. The maximum Gasteiger partial charge on any atom is 0.225 e. The van der Waals surface area contributed by atoms with E-state index < -0.39 is 0 Å². The summed E-state index contributed by atoms with van der Waals surface area (Å²) in [6.45, 7) is 2.16. The van der Waals surface area contributed by atoms with E-state index in [1.165, 1.54) is 5.56 Å². The molecule has 0 amide bonds. The van der Waals surface area contributed by atoms with Crippen LogP contribution in [0.3, 0.4) is 0 Å². The van der Waals surface area contributed by atoms with Crippen LogP contribution in [0.4, 0.5) is 5.95 Å². The summed E-state index contributed by atoms with van der Waals surface area (Å²) >= 11 is 7.49. The highest BCUT2D eigenvalue weighted by Crippen LogP contribution is 2.15. The molecule has 2 aromatic heterocycles. The largest absolute Gasteiger partial charge is 0.341 e. The quantitative estimate of drug-likeness (QED) is 0.851. The molecule has 90 valence electrons. The number of aromatic nitrogens is 2. The van der Waals surface area contributed by atoms with Gasteiger partial charge in [0.15, 0.2) is 0 Å². The number of likely N-dealkylation sites (N-methyl/N-ethyl adjacent to an activating group) is 1. The van der Waals surface area contributed by atoms with Crippen LogP contribution < -0.4 is 4.90 Å². The Morgan fingerprint density at radius 3 is 2.71 bits per heavy atom. The van der Waals surface area contributed by atoms with E-state index in [-0.39, 0.29) is 0 Å². The van der Waals surface area contributed by atoms with Gasteiger partial charge in [-0.25, -0.2) is 9.97 Å². The van der Waals surface area contributed by atoms with Gasteiger partial charge in [-0.1, -0.05) is 11.6 Å². The molecule has 0 N–H and O–H groups in total. The Balaban J connectivity index is 2.04. The monoisotopic (exact) mass is 267 g/mol. The molecule has 0 aliphatic rings. The van der Waals surface area contributed by atoms with Crippen molar-refractivity contribution in [1.82, 2.24) is 9.97 Å². The van der Waals surface area contributed by atoms with Crippen molar-refractivity contribution in [2.45, 2.75) is 19.4 Å². The zero-order valence-corrected chi connectivity index (χ0v) is 11.4. The van der Waals surface area contributed by atoms with Gasteiger partial charge in [0, 0.05) is 13.1 Å². The van der Waals surface area contributed by atoms with Gasteiger partial charge in [-0.05, 0) is 35.7 Å². The van der Waals surface area contributed by atoms with Gasteiger partial charge in [0.25, 0.3) is 0 Å². The van der Waals surface area contributed by atoms with Crippen molar-refractivity contribution in [3.8, 4) is 0 Å². The minimum atomic E-state index is 0.353. The van der Waals surface area contributed by atoms with Crippen LogP contribution in [0.2, 0.25) is 5.02 Å². The standard InChI is InChI=1S/C12H14ClN3S/c1-9(5-10-3-4-17-8-10)16(2)12-14-6-11(13)7-15-12/h3-4,6-9H,5H2,1-2H3. The van der Waals surface area contributed by atoms with Crippen LogP contribution in [0.15, 0.2) is 29.2 Å². The summed E-state index contributed by atoms with van der Waals surface area (Å²) in [6, 6.07) is 2.50. The van der Waals surface area contributed by atoms with E-state index in [1.807, 2.05) is 7.05 Å². The number of thiophene rings is 1.